The standard InChI is InChI=1S/C16H15NO4/c18-12-3-1-10-5-6-17(13(10)8-12)16(19)11-2-4-14-15(7-11)21-9-20-14/h2,4,7-8,10H,1,3,5-6,9H2. The van der Waals surface area contributed by atoms with Crippen molar-refractivity contribution in [1.29, 1.82) is 0 Å². The number of carbonyl (C=O) groups excluding carboxylic acids is 2. The summed E-state index contributed by atoms with van der Waals surface area (Å²) in [5.74, 6) is 1.66. The van der Waals surface area contributed by atoms with Crippen molar-refractivity contribution < 1.29 is 19.1 Å². The van der Waals surface area contributed by atoms with Crippen molar-refractivity contribution in [3.8, 4) is 11.5 Å². The van der Waals surface area contributed by atoms with Crippen LogP contribution in [0, 0.1) is 5.92 Å². The number of ether oxygens (including phenoxy) is 2. The Hall–Kier alpha value is -2.30. The van der Waals surface area contributed by atoms with Gasteiger partial charge in [0.2, 0.25) is 6.79 Å². The summed E-state index contributed by atoms with van der Waals surface area (Å²) in [7, 11) is 0. The maximum absolute atomic E-state index is 12.7. The number of hydrogen-bond donors (Lipinski definition) is 0. The van der Waals surface area contributed by atoms with Gasteiger partial charge in [-0.05, 0) is 31.0 Å². The Morgan fingerprint density at radius 1 is 1.19 bits per heavy atom. The molecule has 4 rings (SSSR count). The Bertz CT molecular complexity index is 664. The first kappa shape index (κ1) is 12.4. The quantitative estimate of drug-likeness (QED) is 0.793. The van der Waals surface area contributed by atoms with Crippen LogP contribution in [0.4, 0.5) is 0 Å². The molecular formula is C16H15NO4. The molecule has 2 aliphatic heterocycles. The van der Waals surface area contributed by atoms with Gasteiger partial charge < -0.3 is 14.4 Å². The van der Waals surface area contributed by atoms with E-state index >= 15 is 0 Å². The highest BCUT2D eigenvalue weighted by Gasteiger charge is 2.35. The lowest BCUT2D eigenvalue weighted by Gasteiger charge is -2.23. The number of allylic oxidation sites excluding steroid dienone is 2. The molecule has 2 heterocycles. The molecule has 3 aliphatic rings. The first-order valence-electron chi connectivity index (χ1n) is 7.18. The van der Waals surface area contributed by atoms with E-state index in [4.69, 9.17) is 9.47 Å². The molecule has 0 aromatic heterocycles. The number of amides is 1. The molecule has 0 bridgehead atoms. The van der Waals surface area contributed by atoms with Crippen LogP contribution >= 0.6 is 0 Å². The highest BCUT2D eigenvalue weighted by Crippen LogP contribution is 2.37. The van der Waals surface area contributed by atoms with Crippen molar-refractivity contribution in [1.82, 2.24) is 4.90 Å². The Balaban J connectivity index is 1.64. The summed E-state index contributed by atoms with van der Waals surface area (Å²) in [5.41, 5.74) is 1.45. The molecule has 5 nitrogen and oxygen atoms in total. The minimum atomic E-state index is -0.0725. The van der Waals surface area contributed by atoms with Gasteiger partial charge in [-0.2, -0.15) is 0 Å². The lowest BCUT2D eigenvalue weighted by molar-refractivity contribution is -0.115. The minimum Gasteiger partial charge on any atom is -0.454 e. The number of carbonyl (C=O) groups is 2. The minimum absolute atomic E-state index is 0.0725. The monoisotopic (exact) mass is 285 g/mol. The maximum Gasteiger partial charge on any atom is 0.258 e. The van der Waals surface area contributed by atoms with Crippen molar-refractivity contribution in [3.63, 3.8) is 0 Å². The predicted molar refractivity (Wildman–Crippen MR) is 74.0 cm³/mol. The van der Waals surface area contributed by atoms with E-state index < -0.39 is 0 Å². The van der Waals surface area contributed by atoms with Crippen LogP contribution in [-0.4, -0.2) is 29.9 Å². The van der Waals surface area contributed by atoms with E-state index in [9.17, 15) is 9.59 Å². The molecule has 0 radical (unpaired) electrons. The number of fused-ring (bicyclic) bond motifs is 2. The molecule has 1 aliphatic carbocycles. The van der Waals surface area contributed by atoms with Crippen LogP contribution in [0.2, 0.25) is 0 Å². The SMILES string of the molecule is O=C1C=C2C(CC1)CCN2C(=O)c1ccc2c(c1)OCO2. The van der Waals surface area contributed by atoms with Gasteiger partial charge in [0.25, 0.3) is 5.91 Å². The molecule has 1 unspecified atom stereocenters. The molecule has 21 heavy (non-hydrogen) atoms. The summed E-state index contributed by atoms with van der Waals surface area (Å²) in [6.45, 7) is 0.871. The van der Waals surface area contributed by atoms with Crippen molar-refractivity contribution in [2.75, 3.05) is 13.3 Å². The fourth-order valence-electron chi connectivity index (χ4n) is 3.23. The lowest BCUT2D eigenvalue weighted by atomic mass is 9.92. The summed E-state index contributed by atoms with van der Waals surface area (Å²) >= 11 is 0. The molecule has 1 fully saturated rings. The molecule has 1 atom stereocenters. The molecule has 1 aromatic rings. The maximum atomic E-state index is 12.7. The zero-order chi connectivity index (χ0) is 14.4. The van der Waals surface area contributed by atoms with E-state index in [0.717, 1.165) is 18.5 Å². The van der Waals surface area contributed by atoms with E-state index in [2.05, 4.69) is 0 Å². The summed E-state index contributed by atoms with van der Waals surface area (Å²) in [4.78, 5) is 26.0. The van der Waals surface area contributed by atoms with Crippen molar-refractivity contribution in [3.05, 3.63) is 35.5 Å². The molecule has 1 aromatic carbocycles. The molecule has 0 spiro atoms. The highest BCUT2D eigenvalue weighted by atomic mass is 16.7. The molecule has 5 heteroatoms. The van der Waals surface area contributed by atoms with E-state index in [1.807, 2.05) is 0 Å². The van der Waals surface area contributed by atoms with Crippen LogP contribution in [0.15, 0.2) is 30.0 Å². The first-order chi connectivity index (χ1) is 10.2. The normalized spacial score (nSPS) is 23.0. The van der Waals surface area contributed by atoms with Crippen molar-refractivity contribution >= 4 is 11.7 Å². The largest absolute Gasteiger partial charge is 0.454 e. The van der Waals surface area contributed by atoms with Crippen LogP contribution in [0.25, 0.3) is 0 Å². The van der Waals surface area contributed by atoms with Gasteiger partial charge in [-0.25, -0.2) is 0 Å². The van der Waals surface area contributed by atoms with Gasteiger partial charge in [0, 0.05) is 36.2 Å². The number of nitrogens with zero attached hydrogens (tertiary/aromatic N) is 1. The van der Waals surface area contributed by atoms with Gasteiger partial charge in [0.15, 0.2) is 17.3 Å². The number of ketones is 1. The third-order valence-electron chi connectivity index (χ3n) is 4.34. The van der Waals surface area contributed by atoms with Crippen LogP contribution in [0.1, 0.15) is 29.6 Å². The smallest absolute Gasteiger partial charge is 0.258 e. The van der Waals surface area contributed by atoms with Gasteiger partial charge in [0.1, 0.15) is 0 Å². The van der Waals surface area contributed by atoms with E-state index in [0.29, 0.717) is 35.9 Å². The van der Waals surface area contributed by atoms with E-state index in [1.54, 1.807) is 29.2 Å². The van der Waals surface area contributed by atoms with Crippen molar-refractivity contribution in [2.45, 2.75) is 19.3 Å². The second-order valence-electron chi connectivity index (χ2n) is 5.58. The Labute approximate surface area is 122 Å². The zero-order valence-corrected chi connectivity index (χ0v) is 11.5. The third kappa shape index (κ3) is 2.00. The topological polar surface area (TPSA) is 55.8 Å². The Kier molecular flexibility index (Phi) is 2.74. The molecule has 0 N–H and O–H groups in total. The summed E-state index contributed by atoms with van der Waals surface area (Å²) < 4.78 is 10.6. The Morgan fingerprint density at radius 2 is 2.05 bits per heavy atom. The second-order valence-corrected chi connectivity index (χ2v) is 5.58. The van der Waals surface area contributed by atoms with Gasteiger partial charge in [-0.1, -0.05) is 0 Å². The zero-order valence-electron chi connectivity index (χ0n) is 11.5. The second kappa shape index (κ2) is 4.62. The third-order valence-corrected chi connectivity index (χ3v) is 4.34. The fraction of sp³-hybridized carbons (Fsp3) is 0.375. The van der Waals surface area contributed by atoms with Gasteiger partial charge in [0.05, 0.1) is 0 Å². The van der Waals surface area contributed by atoms with E-state index in [1.165, 1.54) is 0 Å². The molecule has 1 saturated heterocycles. The molecule has 1 amide bonds. The van der Waals surface area contributed by atoms with Crippen LogP contribution < -0.4 is 9.47 Å². The van der Waals surface area contributed by atoms with Crippen molar-refractivity contribution in [2.24, 2.45) is 5.92 Å². The number of rotatable bonds is 1. The van der Waals surface area contributed by atoms with Crippen LogP contribution in [0.3, 0.4) is 0 Å². The van der Waals surface area contributed by atoms with Crippen LogP contribution in [-0.2, 0) is 4.79 Å². The molecular weight excluding hydrogens is 270 g/mol. The average molecular weight is 285 g/mol. The number of benzene rings is 1. The number of likely N-dealkylation sites (tertiary alicyclic amines) is 1. The van der Waals surface area contributed by atoms with Gasteiger partial charge in [-0.15, -0.1) is 0 Å². The van der Waals surface area contributed by atoms with E-state index in [-0.39, 0.29) is 18.5 Å². The molecule has 108 valence electrons. The Morgan fingerprint density at radius 3 is 2.95 bits per heavy atom. The number of hydrogen-bond acceptors (Lipinski definition) is 4. The summed E-state index contributed by atoms with van der Waals surface area (Å²) in [6.07, 6.45) is 4.04. The summed E-state index contributed by atoms with van der Waals surface area (Å²) in [6, 6.07) is 5.21. The highest BCUT2D eigenvalue weighted by molar-refractivity contribution is 5.98. The molecule has 0 saturated carbocycles. The average Bonchev–Trinajstić information content (AvgIpc) is 3.11. The van der Waals surface area contributed by atoms with Gasteiger partial charge >= 0.3 is 0 Å². The first-order valence-corrected chi connectivity index (χ1v) is 7.18. The summed E-state index contributed by atoms with van der Waals surface area (Å²) in [5, 5.41) is 0. The van der Waals surface area contributed by atoms with Gasteiger partial charge in [-0.3, -0.25) is 9.59 Å². The predicted octanol–water partition coefficient (Wildman–Crippen LogP) is 2.12. The fourth-order valence-corrected chi connectivity index (χ4v) is 3.23. The van der Waals surface area contributed by atoms with Crippen LogP contribution in [0.5, 0.6) is 11.5 Å². The lowest BCUT2D eigenvalue weighted by Crippen LogP contribution is -2.28.